The first-order valence-electron chi connectivity index (χ1n) is 8.87. The predicted octanol–water partition coefficient (Wildman–Crippen LogP) is 4.96. The zero-order valence-electron chi connectivity index (χ0n) is 15.1. The maximum Gasteiger partial charge on any atom is 0.319 e. The van der Waals surface area contributed by atoms with E-state index in [9.17, 15) is 9.59 Å². The van der Waals surface area contributed by atoms with Crippen LogP contribution in [0.5, 0.6) is 0 Å². The van der Waals surface area contributed by atoms with Crippen molar-refractivity contribution in [2.24, 2.45) is 0 Å². The largest absolute Gasteiger partial charge is 0.338 e. The normalized spacial score (nSPS) is 10.2. The lowest BCUT2D eigenvalue weighted by Crippen LogP contribution is -2.30. The van der Waals surface area contributed by atoms with Gasteiger partial charge in [-0.3, -0.25) is 4.79 Å². The second-order valence-corrected chi connectivity index (χ2v) is 6.50. The van der Waals surface area contributed by atoms with E-state index >= 15 is 0 Å². The molecule has 0 saturated heterocycles. The standard InChI is InChI=1S/C22H20ClN3O2/c23-18-11-5-4-10-17(18)21(27)25-19-12-6-7-13-20(19)26-22(28)24-15-14-16-8-2-1-3-9-16/h1-13H,14-15H2,(H,25,27)(H2,24,26,28). The van der Waals surface area contributed by atoms with Crippen molar-refractivity contribution in [1.29, 1.82) is 0 Å². The molecule has 0 fully saturated rings. The smallest absolute Gasteiger partial charge is 0.319 e. The third-order valence-electron chi connectivity index (χ3n) is 4.08. The Balaban J connectivity index is 1.59. The molecule has 0 aliphatic rings. The molecule has 3 rings (SSSR count). The van der Waals surface area contributed by atoms with Gasteiger partial charge >= 0.3 is 6.03 Å². The van der Waals surface area contributed by atoms with Gasteiger partial charge < -0.3 is 16.0 Å². The van der Waals surface area contributed by atoms with Crippen LogP contribution in [0, 0.1) is 0 Å². The SMILES string of the molecule is O=C(NCCc1ccccc1)Nc1ccccc1NC(=O)c1ccccc1Cl. The number of hydrogen-bond donors (Lipinski definition) is 3. The monoisotopic (exact) mass is 393 g/mol. The van der Waals surface area contributed by atoms with E-state index in [1.807, 2.05) is 30.3 Å². The molecule has 0 bridgehead atoms. The molecule has 3 aromatic carbocycles. The first kappa shape index (κ1) is 19.5. The summed E-state index contributed by atoms with van der Waals surface area (Å²) in [6.07, 6.45) is 0.735. The van der Waals surface area contributed by atoms with Crippen LogP contribution in [0.1, 0.15) is 15.9 Å². The van der Waals surface area contributed by atoms with Gasteiger partial charge in [-0.15, -0.1) is 0 Å². The van der Waals surface area contributed by atoms with Crippen LogP contribution in [0.2, 0.25) is 5.02 Å². The molecule has 0 aliphatic heterocycles. The van der Waals surface area contributed by atoms with Crippen LogP contribution in [-0.2, 0) is 6.42 Å². The molecule has 5 nitrogen and oxygen atoms in total. The van der Waals surface area contributed by atoms with Crippen molar-refractivity contribution in [3.63, 3.8) is 0 Å². The van der Waals surface area contributed by atoms with Crippen molar-refractivity contribution >= 4 is 34.9 Å². The summed E-state index contributed by atoms with van der Waals surface area (Å²) in [7, 11) is 0. The Kier molecular flexibility index (Phi) is 6.65. The van der Waals surface area contributed by atoms with Gasteiger partial charge in [-0.25, -0.2) is 4.79 Å². The fourth-order valence-electron chi connectivity index (χ4n) is 2.67. The topological polar surface area (TPSA) is 70.2 Å². The number of hydrogen-bond acceptors (Lipinski definition) is 2. The van der Waals surface area contributed by atoms with E-state index in [0.29, 0.717) is 28.5 Å². The van der Waals surface area contributed by atoms with Crippen LogP contribution in [0.15, 0.2) is 78.9 Å². The van der Waals surface area contributed by atoms with Crippen LogP contribution in [0.25, 0.3) is 0 Å². The Bertz CT molecular complexity index is 961. The van der Waals surface area contributed by atoms with Gasteiger partial charge in [0.1, 0.15) is 0 Å². The fraction of sp³-hybridized carbons (Fsp3) is 0.0909. The van der Waals surface area contributed by atoms with Gasteiger partial charge in [0, 0.05) is 6.54 Å². The van der Waals surface area contributed by atoms with Crippen molar-refractivity contribution < 1.29 is 9.59 Å². The Morgan fingerprint density at radius 2 is 1.36 bits per heavy atom. The summed E-state index contributed by atoms with van der Waals surface area (Å²) in [5, 5.41) is 8.74. The zero-order chi connectivity index (χ0) is 19.8. The zero-order valence-corrected chi connectivity index (χ0v) is 15.9. The van der Waals surface area contributed by atoms with Gasteiger partial charge in [0.05, 0.1) is 22.0 Å². The van der Waals surface area contributed by atoms with E-state index in [-0.39, 0.29) is 11.9 Å². The molecule has 0 heterocycles. The number of carbonyl (C=O) groups is 2. The second-order valence-electron chi connectivity index (χ2n) is 6.10. The minimum atomic E-state index is -0.343. The fourth-order valence-corrected chi connectivity index (χ4v) is 2.89. The maximum absolute atomic E-state index is 12.5. The summed E-state index contributed by atoms with van der Waals surface area (Å²) in [5.74, 6) is -0.343. The van der Waals surface area contributed by atoms with Crippen LogP contribution >= 0.6 is 11.6 Å². The number of rotatable bonds is 6. The molecule has 0 aromatic heterocycles. The summed E-state index contributed by atoms with van der Waals surface area (Å²) in [6.45, 7) is 0.504. The lowest BCUT2D eigenvalue weighted by atomic mass is 10.1. The summed E-state index contributed by atoms with van der Waals surface area (Å²) in [5.41, 5.74) is 2.51. The molecule has 0 radical (unpaired) electrons. The van der Waals surface area contributed by atoms with Crippen LogP contribution in [0.4, 0.5) is 16.2 Å². The highest BCUT2D eigenvalue weighted by Crippen LogP contribution is 2.23. The van der Waals surface area contributed by atoms with Gasteiger partial charge in [-0.1, -0.05) is 66.2 Å². The van der Waals surface area contributed by atoms with E-state index in [4.69, 9.17) is 11.6 Å². The van der Waals surface area contributed by atoms with Crippen molar-refractivity contribution in [2.75, 3.05) is 17.2 Å². The van der Waals surface area contributed by atoms with Crippen molar-refractivity contribution in [1.82, 2.24) is 5.32 Å². The third-order valence-corrected chi connectivity index (χ3v) is 4.41. The highest BCUT2D eigenvalue weighted by atomic mass is 35.5. The molecule has 3 aromatic rings. The molecule has 28 heavy (non-hydrogen) atoms. The molecular weight excluding hydrogens is 374 g/mol. The van der Waals surface area contributed by atoms with Gasteiger partial charge in [0.15, 0.2) is 0 Å². The molecule has 0 atom stereocenters. The van der Waals surface area contributed by atoms with Crippen LogP contribution in [-0.4, -0.2) is 18.5 Å². The summed E-state index contributed by atoms with van der Waals surface area (Å²) >= 11 is 6.08. The van der Waals surface area contributed by atoms with Crippen molar-refractivity contribution in [3.8, 4) is 0 Å². The number of carbonyl (C=O) groups excluding carboxylic acids is 2. The number of benzene rings is 3. The highest BCUT2D eigenvalue weighted by molar-refractivity contribution is 6.34. The van der Waals surface area contributed by atoms with Gasteiger partial charge in [-0.2, -0.15) is 0 Å². The maximum atomic E-state index is 12.5. The Hall–Kier alpha value is -3.31. The molecule has 0 saturated carbocycles. The average molecular weight is 394 g/mol. The van der Waals surface area contributed by atoms with E-state index in [0.717, 1.165) is 12.0 Å². The van der Waals surface area contributed by atoms with Gasteiger partial charge in [0.2, 0.25) is 0 Å². The third kappa shape index (κ3) is 5.34. The molecular formula is C22H20ClN3O2. The number of para-hydroxylation sites is 2. The molecule has 0 spiro atoms. The minimum Gasteiger partial charge on any atom is -0.338 e. The second kappa shape index (κ2) is 9.58. The van der Waals surface area contributed by atoms with Crippen LogP contribution in [0.3, 0.4) is 0 Å². The minimum absolute atomic E-state index is 0.338. The highest BCUT2D eigenvalue weighted by Gasteiger charge is 2.13. The molecule has 3 amide bonds. The Morgan fingerprint density at radius 3 is 2.07 bits per heavy atom. The quantitative estimate of drug-likeness (QED) is 0.554. The lowest BCUT2D eigenvalue weighted by Gasteiger charge is -2.13. The summed E-state index contributed by atoms with van der Waals surface area (Å²) in [6, 6.07) is 23.4. The van der Waals surface area contributed by atoms with Crippen LogP contribution < -0.4 is 16.0 Å². The molecule has 0 aliphatic carbocycles. The number of urea groups is 1. The number of anilines is 2. The molecule has 3 N–H and O–H groups in total. The Labute approximate surface area is 168 Å². The molecule has 0 unspecified atom stereocenters. The number of nitrogens with one attached hydrogen (secondary N) is 3. The van der Waals surface area contributed by atoms with E-state index < -0.39 is 0 Å². The van der Waals surface area contributed by atoms with Crippen molar-refractivity contribution in [2.45, 2.75) is 6.42 Å². The lowest BCUT2D eigenvalue weighted by molar-refractivity contribution is 0.102. The van der Waals surface area contributed by atoms with E-state index in [1.165, 1.54) is 0 Å². The number of amides is 3. The molecule has 142 valence electrons. The predicted molar refractivity (Wildman–Crippen MR) is 113 cm³/mol. The molecule has 6 heteroatoms. The average Bonchev–Trinajstić information content (AvgIpc) is 2.70. The summed E-state index contributed by atoms with van der Waals surface area (Å²) < 4.78 is 0. The van der Waals surface area contributed by atoms with Gasteiger partial charge in [0.25, 0.3) is 5.91 Å². The summed E-state index contributed by atoms with van der Waals surface area (Å²) in [4.78, 5) is 24.7. The first-order chi connectivity index (χ1) is 13.6. The van der Waals surface area contributed by atoms with E-state index in [2.05, 4.69) is 16.0 Å². The number of halogens is 1. The van der Waals surface area contributed by atoms with Gasteiger partial charge in [-0.05, 0) is 36.2 Å². The van der Waals surface area contributed by atoms with Crippen molar-refractivity contribution in [3.05, 3.63) is 95.0 Å². The Morgan fingerprint density at radius 1 is 0.750 bits per heavy atom. The first-order valence-corrected chi connectivity index (χ1v) is 9.25. The van der Waals surface area contributed by atoms with E-state index in [1.54, 1.807) is 48.5 Å².